The van der Waals surface area contributed by atoms with E-state index in [0.717, 1.165) is 29.3 Å². The number of hydrogen-bond donors (Lipinski definition) is 1. The van der Waals surface area contributed by atoms with Gasteiger partial charge >= 0.3 is 0 Å². The Kier molecular flexibility index (Phi) is 5.27. The first-order valence-corrected chi connectivity index (χ1v) is 11.4. The first-order chi connectivity index (χ1) is 14.7. The van der Waals surface area contributed by atoms with Crippen molar-refractivity contribution in [3.8, 4) is 5.88 Å². The number of hydrogen-bond acceptors (Lipinski definition) is 5. The lowest BCUT2D eigenvalue weighted by molar-refractivity contribution is 0.150. The van der Waals surface area contributed by atoms with Gasteiger partial charge in [-0.05, 0) is 56.3 Å². The number of fused-ring (bicyclic) bond motifs is 1. The number of likely N-dealkylation sites (tertiary alicyclic amines) is 1. The second-order valence-corrected chi connectivity index (χ2v) is 9.24. The molecule has 1 saturated heterocycles. The standard InChI is InChI=1S/C24H26N4OS/c1-17-7-9-20(10-8-17)21(22-23(29)28-24(30-22)25-16-26-28)27-13-11-19(12-14-27)15-18-5-3-2-4-6-18/h2-10,16,19,21,29H,11-15H2,1H3/t21-/m0/s1. The van der Waals surface area contributed by atoms with Gasteiger partial charge in [-0.25, -0.2) is 4.98 Å². The molecule has 1 aliphatic rings. The Balaban J connectivity index is 1.40. The summed E-state index contributed by atoms with van der Waals surface area (Å²) in [5, 5.41) is 15.1. The van der Waals surface area contributed by atoms with Crippen LogP contribution in [0, 0.1) is 12.8 Å². The Morgan fingerprint density at radius 3 is 2.50 bits per heavy atom. The second kappa shape index (κ2) is 8.20. The number of nitrogens with zero attached hydrogens (tertiary/aromatic N) is 4. The zero-order valence-corrected chi connectivity index (χ0v) is 17.9. The van der Waals surface area contributed by atoms with Crippen LogP contribution in [0.25, 0.3) is 4.96 Å². The highest BCUT2D eigenvalue weighted by Gasteiger charge is 2.31. The molecule has 0 spiro atoms. The topological polar surface area (TPSA) is 53.7 Å². The number of piperidine rings is 1. The van der Waals surface area contributed by atoms with E-state index in [1.807, 2.05) is 0 Å². The summed E-state index contributed by atoms with van der Waals surface area (Å²) in [5.74, 6) is 0.919. The Morgan fingerprint density at radius 1 is 1.07 bits per heavy atom. The highest BCUT2D eigenvalue weighted by molar-refractivity contribution is 7.17. The smallest absolute Gasteiger partial charge is 0.230 e. The van der Waals surface area contributed by atoms with E-state index in [4.69, 9.17) is 0 Å². The number of aryl methyl sites for hydroxylation is 1. The van der Waals surface area contributed by atoms with Gasteiger partial charge in [-0.3, -0.25) is 4.90 Å². The van der Waals surface area contributed by atoms with Crippen molar-refractivity contribution in [1.82, 2.24) is 19.5 Å². The Hall–Kier alpha value is -2.70. The van der Waals surface area contributed by atoms with Gasteiger partial charge in [-0.15, -0.1) is 0 Å². The Morgan fingerprint density at radius 2 is 1.80 bits per heavy atom. The molecule has 2 aromatic carbocycles. The molecule has 0 amide bonds. The molecule has 1 fully saturated rings. The highest BCUT2D eigenvalue weighted by Crippen LogP contribution is 2.41. The average Bonchev–Trinajstić information content (AvgIpc) is 3.35. The van der Waals surface area contributed by atoms with E-state index in [1.54, 1.807) is 4.52 Å². The molecule has 3 heterocycles. The minimum atomic E-state index is 0.0248. The lowest BCUT2D eigenvalue weighted by atomic mass is 9.88. The van der Waals surface area contributed by atoms with Gasteiger partial charge in [0, 0.05) is 0 Å². The van der Waals surface area contributed by atoms with Gasteiger partial charge in [0.15, 0.2) is 0 Å². The first kappa shape index (κ1) is 19.3. The molecular weight excluding hydrogens is 392 g/mol. The fourth-order valence-corrected chi connectivity index (χ4v) is 5.60. The largest absolute Gasteiger partial charge is 0.492 e. The quantitative estimate of drug-likeness (QED) is 0.503. The average molecular weight is 419 g/mol. The normalized spacial score (nSPS) is 16.8. The van der Waals surface area contributed by atoms with E-state index in [0.29, 0.717) is 5.92 Å². The van der Waals surface area contributed by atoms with Crippen molar-refractivity contribution in [1.29, 1.82) is 0 Å². The fourth-order valence-electron chi connectivity index (χ4n) is 4.51. The van der Waals surface area contributed by atoms with Crippen LogP contribution in [0.5, 0.6) is 5.88 Å². The van der Waals surface area contributed by atoms with Crippen molar-refractivity contribution in [3.63, 3.8) is 0 Å². The lowest BCUT2D eigenvalue weighted by Gasteiger charge is -2.37. The van der Waals surface area contributed by atoms with Crippen molar-refractivity contribution in [2.45, 2.75) is 32.2 Å². The predicted molar refractivity (Wildman–Crippen MR) is 120 cm³/mol. The molecule has 30 heavy (non-hydrogen) atoms. The molecule has 0 bridgehead atoms. The number of aromatic nitrogens is 3. The molecule has 5 nitrogen and oxygen atoms in total. The molecular formula is C24H26N4OS. The summed E-state index contributed by atoms with van der Waals surface area (Å²) in [6.45, 7) is 4.14. The zero-order valence-electron chi connectivity index (χ0n) is 17.1. The summed E-state index contributed by atoms with van der Waals surface area (Å²) < 4.78 is 1.54. The third kappa shape index (κ3) is 3.73. The van der Waals surface area contributed by atoms with Gasteiger partial charge < -0.3 is 5.11 Å². The molecule has 0 saturated carbocycles. The summed E-state index contributed by atoms with van der Waals surface area (Å²) in [6.07, 6.45) is 4.97. The van der Waals surface area contributed by atoms with Crippen LogP contribution in [0.4, 0.5) is 0 Å². The highest BCUT2D eigenvalue weighted by atomic mass is 32.1. The molecule has 0 unspecified atom stereocenters. The lowest BCUT2D eigenvalue weighted by Crippen LogP contribution is -2.37. The van der Waals surface area contributed by atoms with Gasteiger partial charge in [0.1, 0.15) is 6.33 Å². The van der Waals surface area contributed by atoms with E-state index >= 15 is 0 Å². The molecule has 0 radical (unpaired) electrons. The van der Waals surface area contributed by atoms with Gasteiger partial charge in [0.05, 0.1) is 10.9 Å². The fraction of sp³-hybridized carbons (Fsp3) is 0.333. The summed E-state index contributed by atoms with van der Waals surface area (Å²) in [7, 11) is 0. The van der Waals surface area contributed by atoms with Crippen LogP contribution in [0.3, 0.4) is 0 Å². The number of aromatic hydroxyl groups is 1. The summed E-state index contributed by atoms with van der Waals surface area (Å²) >= 11 is 1.53. The molecule has 1 N–H and O–H groups in total. The van der Waals surface area contributed by atoms with Crippen LogP contribution in [-0.2, 0) is 6.42 Å². The molecule has 2 aromatic heterocycles. The van der Waals surface area contributed by atoms with Crippen molar-refractivity contribution in [3.05, 3.63) is 82.5 Å². The van der Waals surface area contributed by atoms with E-state index in [9.17, 15) is 5.11 Å². The number of thiazole rings is 1. The summed E-state index contributed by atoms with van der Waals surface area (Å²) in [4.78, 5) is 8.46. The van der Waals surface area contributed by atoms with Gasteiger partial charge in [0.2, 0.25) is 10.8 Å². The molecule has 154 valence electrons. The van der Waals surface area contributed by atoms with Crippen LogP contribution < -0.4 is 0 Å². The van der Waals surface area contributed by atoms with Crippen molar-refractivity contribution in [2.75, 3.05) is 13.1 Å². The molecule has 0 aliphatic carbocycles. The van der Waals surface area contributed by atoms with Crippen LogP contribution in [0.2, 0.25) is 0 Å². The maximum absolute atomic E-state index is 10.9. The predicted octanol–water partition coefficient (Wildman–Crippen LogP) is 4.85. The number of benzene rings is 2. The van der Waals surface area contributed by atoms with Crippen LogP contribution in [-0.4, -0.2) is 37.7 Å². The molecule has 4 aromatic rings. The summed E-state index contributed by atoms with van der Waals surface area (Å²) in [5.41, 5.74) is 3.88. The first-order valence-electron chi connectivity index (χ1n) is 10.5. The van der Waals surface area contributed by atoms with Gasteiger partial charge in [0.25, 0.3) is 0 Å². The monoisotopic (exact) mass is 418 g/mol. The van der Waals surface area contributed by atoms with Crippen molar-refractivity contribution >= 4 is 16.3 Å². The van der Waals surface area contributed by atoms with E-state index in [-0.39, 0.29) is 11.9 Å². The Bertz CT molecular complexity index is 1110. The SMILES string of the molecule is Cc1ccc([C@@H](c2sc3ncnn3c2O)N2CCC(Cc3ccccc3)CC2)cc1. The van der Waals surface area contributed by atoms with E-state index in [2.05, 4.69) is 76.5 Å². The van der Waals surface area contributed by atoms with Crippen LogP contribution in [0.15, 0.2) is 60.9 Å². The van der Waals surface area contributed by atoms with Crippen LogP contribution in [0.1, 0.15) is 40.5 Å². The van der Waals surface area contributed by atoms with Gasteiger partial charge in [-0.1, -0.05) is 71.5 Å². The molecule has 1 aliphatic heterocycles. The molecule has 5 rings (SSSR count). The van der Waals surface area contributed by atoms with Crippen molar-refractivity contribution < 1.29 is 5.11 Å². The zero-order chi connectivity index (χ0) is 20.5. The molecule has 6 heteroatoms. The van der Waals surface area contributed by atoms with Crippen LogP contribution >= 0.6 is 11.3 Å². The molecule has 1 atom stereocenters. The minimum absolute atomic E-state index is 0.0248. The second-order valence-electron chi connectivity index (χ2n) is 8.23. The van der Waals surface area contributed by atoms with E-state index < -0.39 is 0 Å². The maximum atomic E-state index is 10.9. The third-order valence-corrected chi connectivity index (χ3v) is 7.25. The minimum Gasteiger partial charge on any atom is -0.492 e. The third-order valence-electron chi connectivity index (χ3n) is 6.16. The number of rotatable bonds is 5. The summed E-state index contributed by atoms with van der Waals surface area (Å²) in [6, 6.07) is 19.5. The maximum Gasteiger partial charge on any atom is 0.230 e. The van der Waals surface area contributed by atoms with Gasteiger partial charge in [-0.2, -0.15) is 9.61 Å². The Labute approximate surface area is 180 Å². The van der Waals surface area contributed by atoms with E-state index in [1.165, 1.54) is 47.2 Å². The van der Waals surface area contributed by atoms with Crippen molar-refractivity contribution in [2.24, 2.45) is 5.92 Å².